The Bertz CT molecular complexity index is 3680. The molecule has 1 aromatic carbocycles. The molecule has 44 heteroatoms. The monoisotopic (exact) mass is 1670 g/mol. The van der Waals surface area contributed by atoms with Gasteiger partial charge in [0.2, 0.25) is 76.8 Å². The molecule has 0 aliphatic carbocycles. The number of aromatic nitrogens is 2. The zero-order valence-corrected chi connectivity index (χ0v) is 68.2. The van der Waals surface area contributed by atoms with Crippen molar-refractivity contribution in [2.24, 2.45) is 40.9 Å². The molecule has 2 heterocycles. The van der Waals surface area contributed by atoms with Crippen LogP contribution < -0.4 is 108 Å². The number of hydrogen-bond donors (Lipinski definition) is 28. The van der Waals surface area contributed by atoms with Gasteiger partial charge in [0.25, 0.3) is 0 Å². The highest BCUT2D eigenvalue weighted by molar-refractivity contribution is 7.80. The molecule has 13 amide bonds. The number of carboxylic acid groups (broad SMARTS) is 2. The van der Waals surface area contributed by atoms with Crippen molar-refractivity contribution < 1.29 is 87.2 Å². The molecular weight excluding hydrogens is 1550 g/mol. The molecule has 0 radical (unpaired) electrons. The van der Waals surface area contributed by atoms with Gasteiger partial charge >= 0.3 is 11.9 Å². The second-order valence-corrected chi connectivity index (χ2v) is 29.7. The molecule has 0 saturated carbocycles. The highest BCUT2D eigenvalue weighted by Gasteiger charge is 2.39. The Labute approximate surface area is 684 Å². The van der Waals surface area contributed by atoms with Gasteiger partial charge in [-0.15, -0.1) is 0 Å². The van der Waals surface area contributed by atoms with Gasteiger partial charge in [0.15, 0.2) is 17.9 Å². The number of thiol groups is 1. The van der Waals surface area contributed by atoms with Crippen LogP contribution >= 0.6 is 12.6 Å². The maximum absolute atomic E-state index is 14.9. The highest BCUT2D eigenvalue weighted by atomic mass is 32.1. The van der Waals surface area contributed by atoms with Crippen LogP contribution in [0.25, 0.3) is 0 Å². The first-order chi connectivity index (χ1) is 55.3. The van der Waals surface area contributed by atoms with Gasteiger partial charge in [0.1, 0.15) is 72.2 Å². The Morgan fingerprint density at radius 2 is 0.932 bits per heavy atom. The minimum absolute atomic E-state index is 0.000704. The molecule has 43 nitrogen and oxygen atoms in total. The largest absolute Gasteiger partial charge is 0.508 e. The summed E-state index contributed by atoms with van der Waals surface area (Å²) in [4.78, 5) is 214. The molecular formula is C73H121N25O18S. The van der Waals surface area contributed by atoms with Gasteiger partial charge < -0.3 is 128 Å². The second kappa shape index (κ2) is 52.1. The zero-order chi connectivity index (χ0) is 87.6. The highest BCUT2D eigenvalue weighted by Crippen LogP contribution is 2.18. The van der Waals surface area contributed by atoms with E-state index in [0.717, 1.165) is 6.42 Å². The number of carbonyl (C=O) groups excluding carboxylic acids is 13. The number of guanidine groups is 3. The Morgan fingerprint density at radius 1 is 0.504 bits per heavy atom. The van der Waals surface area contributed by atoms with E-state index in [1.807, 2.05) is 0 Å². The summed E-state index contributed by atoms with van der Waals surface area (Å²) in [6.07, 6.45) is 2.61. The van der Waals surface area contributed by atoms with Gasteiger partial charge in [0.05, 0.1) is 31.2 Å². The van der Waals surface area contributed by atoms with Crippen molar-refractivity contribution in [1.29, 1.82) is 16.2 Å². The van der Waals surface area contributed by atoms with E-state index in [-0.39, 0.29) is 119 Å². The fourth-order valence-corrected chi connectivity index (χ4v) is 12.2. The van der Waals surface area contributed by atoms with Crippen molar-refractivity contribution in [3.63, 3.8) is 0 Å². The summed E-state index contributed by atoms with van der Waals surface area (Å²) in [6, 6.07) is -10.6. The van der Waals surface area contributed by atoms with Crippen LogP contribution in [-0.2, 0) is 84.8 Å². The number of aromatic hydroxyl groups is 1. The number of rotatable bonds is 54. The van der Waals surface area contributed by atoms with Gasteiger partial charge in [-0.1, -0.05) is 80.4 Å². The molecule has 1 fully saturated rings. The van der Waals surface area contributed by atoms with Crippen LogP contribution in [0.2, 0.25) is 0 Å². The van der Waals surface area contributed by atoms with Gasteiger partial charge in [0, 0.05) is 50.8 Å². The third-order valence-corrected chi connectivity index (χ3v) is 19.3. The van der Waals surface area contributed by atoms with E-state index >= 15 is 0 Å². The minimum atomic E-state index is -1.68. The molecule has 0 bridgehead atoms. The number of hydrogen-bond acceptors (Lipinski definition) is 22. The molecule has 1 aliphatic heterocycles. The average molecular weight is 1670 g/mol. The number of imidazole rings is 1. The number of nitrogens with one attached hydrogen (secondary N) is 21. The normalized spacial score (nSPS) is 15.7. The van der Waals surface area contributed by atoms with Crippen molar-refractivity contribution in [2.75, 3.05) is 45.0 Å². The second-order valence-electron chi connectivity index (χ2n) is 29.3. The fourth-order valence-electron chi connectivity index (χ4n) is 12.0. The SMILES string of the molecule is CC[C@H](C)[C@H](NC(=O)[C@H](CCCNC(=N)N)NC(=O)[C@H](CCCNC(=N)N)NC(=O)[C@@H](NC(=O)[C@@H](NC(=O)[C@H](CCCNC(=N)N)NC(=O)CNC(=O)CNC(=O)[C@H](Cc1ccc(O)cc1)NC(=O)[C@@H]1CCCN1)C(C)C)[C@@H](C)CC)C(=O)N[C@@H](CC(C)C)C(=O)N[C@@H](CCC(=O)O)C(=O)N[C@@H](Cc1c[nH]cn1)C(=O)N[C@@H](CS)C(=O)O. The van der Waals surface area contributed by atoms with Crippen molar-refractivity contribution in [2.45, 2.75) is 224 Å². The predicted octanol–water partition coefficient (Wildman–Crippen LogP) is -5.32. The molecule has 652 valence electrons. The summed E-state index contributed by atoms with van der Waals surface area (Å²) in [5.41, 5.74) is 17.5. The number of carboxylic acids is 2. The van der Waals surface area contributed by atoms with Crippen molar-refractivity contribution in [3.05, 3.63) is 48.0 Å². The van der Waals surface area contributed by atoms with E-state index in [2.05, 4.69) is 113 Å². The van der Waals surface area contributed by atoms with Crippen molar-refractivity contribution in [1.82, 2.24) is 100 Å². The summed E-state index contributed by atoms with van der Waals surface area (Å²) >= 11 is 3.99. The molecule has 0 unspecified atom stereocenters. The van der Waals surface area contributed by atoms with E-state index in [0.29, 0.717) is 18.5 Å². The summed E-state index contributed by atoms with van der Waals surface area (Å²) in [6.45, 7) is 12.6. The van der Waals surface area contributed by atoms with Gasteiger partial charge in [-0.3, -0.25) is 83.4 Å². The molecule has 1 aliphatic rings. The van der Waals surface area contributed by atoms with Crippen LogP contribution in [-0.4, -0.2) is 249 Å². The number of aromatic amines is 1. The Morgan fingerprint density at radius 3 is 1.38 bits per heavy atom. The van der Waals surface area contributed by atoms with Crippen molar-refractivity contribution in [3.8, 4) is 5.75 Å². The lowest BCUT2D eigenvalue weighted by atomic mass is 9.95. The first kappa shape index (κ1) is 99.6. The van der Waals surface area contributed by atoms with Crippen molar-refractivity contribution >= 4 is 119 Å². The average Bonchev–Trinajstić information content (AvgIpc) is 1.23. The number of carbonyl (C=O) groups is 15. The number of nitrogens with two attached hydrogens (primary N) is 3. The first-order valence-electron chi connectivity index (χ1n) is 38.9. The van der Waals surface area contributed by atoms with E-state index in [4.69, 9.17) is 33.4 Å². The quantitative estimate of drug-likeness (QED) is 0.0127. The summed E-state index contributed by atoms with van der Waals surface area (Å²) in [5, 5.41) is 96.6. The Kier molecular flexibility index (Phi) is 44.3. The molecule has 2 aromatic rings. The molecule has 14 atom stereocenters. The number of benzene rings is 1. The Balaban J connectivity index is 1.92. The third-order valence-electron chi connectivity index (χ3n) is 19.0. The number of phenolic OH excluding ortho intramolecular Hbond substituents is 1. The number of nitrogens with zero attached hydrogens (tertiary/aromatic N) is 1. The summed E-state index contributed by atoms with van der Waals surface area (Å²) < 4.78 is 0. The number of amides is 13. The Hall–Kier alpha value is -11.6. The number of phenols is 1. The maximum Gasteiger partial charge on any atom is 0.327 e. The van der Waals surface area contributed by atoms with E-state index in [9.17, 15) is 87.2 Å². The fraction of sp³-hybridized carbons (Fsp3) is 0.630. The smallest absolute Gasteiger partial charge is 0.327 e. The standard InChI is InChI=1S/C73H121N25O18S/c1-9-39(7)57(69(114)94-49(29-37(3)4)65(110)90-48(23-24-55(102)103)62(107)93-51(31-42-32-80-36-87-42)66(111)95-52(35-117)70(115)116)97-64(109)47(18-14-28-84-73(78)79)89-61(106)46(17-13-27-83-72(76)77)91-68(113)58(40(8)10-2)98-67(112)56(38(5)6)96-63(108)45(16-12-26-82-71(74)75)88-54(101)34-85-53(100)33-86-59(104)50(30-41-19-21-43(99)22-20-41)92-60(105)44-15-11-25-81-44/h19-22,32,36-40,44-52,56-58,81,99,117H,9-18,23-31,33-35H2,1-8H3,(H,80,87)(H,85,100)(H,86,104)(H,88,101)(H,89,106)(H,90,110)(H,91,113)(H,92,105)(H,93,107)(H,94,114)(H,95,111)(H,96,108)(H,97,109)(H,98,112)(H,102,103)(H,115,116)(H4,74,75,82)(H4,76,77,83)(H4,78,79,84)/t39-,40-,44-,45-,46-,47-,48-,49-,50-,51-,52-,56-,57-,58-/m0/s1. The lowest BCUT2D eigenvalue weighted by Gasteiger charge is -2.31. The van der Waals surface area contributed by atoms with Crippen LogP contribution in [0, 0.1) is 39.9 Å². The summed E-state index contributed by atoms with van der Waals surface area (Å²) in [7, 11) is 0. The number of H-pyrrole nitrogens is 1. The third kappa shape index (κ3) is 37.7. The van der Waals surface area contributed by atoms with Crippen LogP contribution in [0.4, 0.5) is 0 Å². The predicted molar refractivity (Wildman–Crippen MR) is 431 cm³/mol. The minimum Gasteiger partial charge on any atom is -0.508 e. The van der Waals surface area contributed by atoms with Crippen LogP contribution in [0.3, 0.4) is 0 Å². The van der Waals surface area contributed by atoms with Crippen LogP contribution in [0.5, 0.6) is 5.75 Å². The molecule has 30 N–H and O–H groups in total. The topological polar surface area (TPSA) is 700 Å². The molecule has 117 heavy (non-hydrogen) atoms. The van der Waals surface area contributed by atoms with E-state index < -0.39 is 217 Å². The van der Waals surface area contributed by atoms with E-state index in [1.165, 1.54) is 24.7 Å². The lowest BCUT2D eigenvalue weighted by Crippen LogP contribution is -2.62. The van der Waals surface area contributed by atoms with Crippen LogP contribution in [0.1, 0.15) is 150 Å². The first-order valence-corrected chi connectivity index (χ1v) is 39.6. The number of aliphatic carboxylic acids is 2. The maximum atomic E-state index is 14.9. The van der Waals surface area contributed by atoms with Gasteiger partial charge in [-0.05, 0) is 112 Å². The summed E-state index contributed by atoms with van der Waals surface area (Å²) in [5.74, 6) is -18.2. The molecule has 3 rings (SSSR count). The molecule has 1 aromatic heterocycles. The molecule has 0 spiro atoms. The molecule has 1 saturated heterocycles. The van der Waals surface area contributed by atoms with Crippen LogP contribution in [0.15, 0.2) is 36.8 Å². The lowest BCUT2D eigenvalue weighted by molar-refractivity contribution is -0.141. The van der Waals surface area contributed by atoms with E-state index in [1.54, 1.807) is 67.5 Å². The van der Waals surface area contributed by atoms with Gasteiger partial charge in [-0.2, -0.15) is 12.6 Å². The zero-order valence-electron chi connectivity index (χ0n) is 67.3. The van der Waals surface area contributed by atoms with Gasteiger partial charge in [-0.25, -0.2) is 9.78 Å².